The van der Waals surface area contributed by atoms with E-state index in [1.165, 1.54) is 0 Å². The maximum Gasteiger partial charge on any atom is 0.166 e. The zero-order valence-corrected chi connectivity index (χ0v) is 8.42. The highest BCUT2D eigenvalue weighted by Crippen LogP contribution is 2.10. The molecule has 1 aromatic heterocycles. The predicted molar refractivity (Wildman–Crippen MR) is 56.5 cm³/mol. The molecule has 0 aliphatic carbocycles. The molecule has 2 rings (SSSR count). The maximum atomic E-state index is 5.49. The summed E-state index contributed by atoms with van der Waals surface area (Å²) in [6.07, 6.45) is 1.67. The average molecular weight is 204 g/mol. The Hall–Kier alpha value is -1.88. The van der Waals surface area contributed by atoms with E-state index >= 15 is 0 Å². The van der Waals surface area contributed by atoms with Gasteiger partial charge in [-0.15, -0.1) is 5.10 Å². The smallest absolute Gasteiger partial charge is 0.166 e. The Morgan fingerprint density at radius 2 is 2.33 bits per heavy atom. The van der Waals surface area contributed by atoms with Crippen molar-refractivity contribution < 1.29 is 4.74 Å². The molecule has 0 saturated carbocycles. The number of nitrogen functional groups attached to an aromatic ring is 1. The third kappa shape index (κ3) is 2.13. The lowest BCUT2D eigenvalue weighted by Gasteiger charge is -2.03. The van der Waals surface area contributed by atoms with Gasteiger partial charge in [-0.1, -0.05) is 17.3 Å². The fourth-order valence-corrected chi connectivity index (χ4v) is 1.36. The largest absolute Gasteiger partial charge is 0.381 e. The number of anilines is 1. The fourth-order valence-electron chi connectivity index (χ4n) is 1.36. The molecule has 0 fully saturated rings. The molecule has 2 N–H and O–H groups in total. The van der Waals surface area contributed by atoms with Crippen molar-refractivity contribution in [2.45, 2.75) is 6.61 Å². The Bertz CT molecular complexity index is 452. The van der Waals surface area contributed by atoms with Gasteiger partial charge in [0.2, 0.25) is 0 Å². The number of hydrogen-bond donors (Lipinski definition) is 1. The van der Waals surface area contributed by atoms with Crippen LogP contribution >= 0.6 is 0 Å². The molecule has 0 aliphatic heterocycles. The van der Waals surface area contributed by atoms with Crippen LogP contribution in [-0.4, -0.2) is 22.1 Å². The molecule has 1 heterocycles. The first-order chi connectivity index (χ1) is 7.29. The number of benzene rings is 1. The highest BCUT2D eigenvalue weighted by Gasteiger charge is 2.00. The van der Waals surface area contributed by atoms with Gasteiger partial charge in [0.1, 0.15) is 0 Å². The summed E-state index contributed by atoms with van der Waals surface area (Å²) in [7, 11) is 1.67. The van der Waals surface area contributed by atoms with Crippen molar-refractivity contribution in [3.05, 3.63) is 36.0 Å². The normalized spacial score (nSPS) is 10.5. The summed E-state index contributed by atoms with van der Waals surface area (Å²) >= 11 is 0. The van der Waals surface area contributed by atoms with Crippen molar-refractivity contribution in [1.29, 1.82) is 0 Å². The zero-order valence-electron chi connectivity index (χ0n) is 8.42. The molecule has 0 spiro atoms. The van der Waals surface area contributed by atoms with Crippen LogP contribution in [-0.2, 0) is 11.3 Å². The minimum absolute atomic E-state index is 0.409. The van der Waals surface area contributed by atoms with Crippen molar-refractivity contribution in [2.24, 2.45) is 0 Å². The number of aromatic nitrogens is 3. The van der Waals surface area contributed by atoms with Crippen LogP contribution < -0.4 is 5.73 Å². The number of hydrogen-bond acceptors (Lipinski definition) is 4. The Balaban J connectivity index is 2.32. The highest BCUT2D eigenvalue weighted by atomic mass is 16.5. The van der Waals surface area contributed by atoms with Gasteiger partial charge < -0.3 is 10.5 Å². The lowest BCUT2D eigenvalue weighted by Crippen LogP contribution is -1.96. The first-order valence-corrected chi connectivity index (χ1v) is 4.55. The van der Waals surface area contributed by atoms with E-state index in [1.807, 2.05) is 24.3 Å². The number of nitrogens with zero attached hydrogens (tertiary/aromatic N) is 3. The van der Waals surface area contributed by atoms with Gasteiger partial charge in [-0.05, 0) is 17.7 Å². The van der Waals surface area contributed by atoms with Gasteiger partial charge in [0.15, 0.2) is 5.82 Å². The van der Waals surface area contributed by atoms with Gasteiger partial charge in [0, 0.05) is 7.11 Å². The first-order valence-electron chi connectivity index (χ1n) is 4.55. The van der Waals surface area contributed by atoms with Gasteiger partial charge in [0.05, 0.1) is 18.5 Å². The van der Waals surface area contributed by atoms with Crippen molar-refractivity contribution >= 4 is 5.82 Å². The van der Waals surface area contributed by atoms with Crippen LogP contribution in [0.2, 0.25) is 0 Å². The summed E-state index contributed by atoms with van der Waals surface area (Å²) in [4.78, 5) is 0. The molecular weight excluding hydrogens is 192 g/mol. The quantitative estimate of drug-likeness (QED) is 0.809. The lowest BCUT2D eigenvalue weighted by molar-refractivity contribution is 0.185. The zero-order chi connectivity index (χ0) is 10.7. The topological polar surface area (TPSA) is 66.0 Å². The molecule has 2 aromatic rings. The predicted octanol–water partition coefficient (Wildman–Crippen LogP) is 0.996. The monoisotopic (exact) mass is 204 g/mol. The molecule has 0 atom stereocenters. The minimum Gasteiger partial charge on any atom is -0.381 e. The SMILES string of the molecule is COCc1cccc(-n2cc(N)nn2)c1. The third-order valence-corrected chi connectivity index (χ3v) is 2.00. The fraction of sp³-hybridized carbons (Fsp3) is 0.200. The summed E-state index contributed by atoms with van der Waals surface area (Å²) < 4.78 is 6.69. The Kier molecular flexibility index (Phi) is 2.64. The van der Waals surface area contributed by atoms with E-state index in [2.05, 4.69) is 10.3 Å². The van der Waals surface area contributed by atoms with E-state index in [-0.39, 0.29) is 0 Å². The lowest BCUT2D eigenvalue weighted by atomic mass is 10.2. The summed E-state index contributed by atoms with van der Waals surface area (Å²) in [5, 5.41) is 7.62. The van der Waals surface area contributed by atoms with E-state index < -0.39 is 0 Å². The molecule has 15 heavy (non-hydrogen) atoms. The van der Waals surface area contributed by atoms with Crippen LogP contribution in [0.15, 0.2) is 30.5 Å². The average Bonchev–Trinajstić information content (AvgIpc) is 2.66. The van der Waals surface area contributed by atoms with Crippen molar-refractivity contribution in [3.63, 3.8) is 0 Å². The van der Waals surface area contributed by atoms with Crippen LogP contribution in [0.4, 0.5) is 5.82 Å². The van der Waals surface area contributed by atoms with Gasteiger partial charge >= 0.3 is 0 Å². The molecule has 0 saturated heterocycles. The van der Waals surface area contributed by atoms with Crippen LogP contribution in [0, 0.1) is 0 Å². The first kappa shape index (κ1) is 9.67. The van der Waals surface area contributed by atoms with Gasteiger partial charge in [-0.2, -0.15) is 0 Å². The van der Waals surface area contributed by atoms with E-state index in [4.69, 9.17) is 10.5 Å². The minimum atomic E-state index is 0.409. The van der Waals surface area contributed by atoms with E-state index in [1.54, 1.807) is 18.0 Å². The highest BCUT2D eigenvalue weighted by molar-refractivity contribution is 5.36. The number of ether oxygens (including phenoxy) is 1. The van der Waals surface area contributed by atoms with E-state index in [0.717, 1.165) is 11.3 Å². The Morgan fingerprint density at radius 3 is 3.00 bits per heavy atom. The second-order valence-electron chi connectivity index (χ2n) is 3.19. The Labute approximate surface area is 87.5 Å². The number of nitrogens with two attached hydrogens (primary N) is 1. The second kappa shape index (κ2) is 4.10. The van der Waals surface area contributed by atoms with E-state index in [9.17, 15) is 0 Å². The molecule has 0 amide bonds. The van der Waals surface area contributed by atoms with Gasteiger partial charge in [-0.3, -0.25) is 0 Å². The maximum absolute atomic E-state index is 5.49. The van der Waals surface area contributed by atoms with Crippen molar-refractivity contribution in [1.82, 2.24) is 15.0 Å². The molecule has 5 heteroatoms. The van der Waals surface area contributed by atoms with Gasteiger partial charge in [-0.25, -0.2) is 4.68 Å². The molecule has 78 valence electrons. The Morgan fingerprint density at radius 1 is 1.47 bits per heavy atom. The molecule has 1 aromatic carbocycles. The van der Waals surface area contributed by atoms with Crippen molar-refractivity contribution in [3.8, 4) is 5.69 Å². The molecular formula is C10H12N4O. The number of methoxy groups -OCH3 is 1. The molecule has 0 unspecified atom stereocenters. The summed E-state index contributed by atoms with van der Waals surface area (Å²) in [6.45, 7) is 0.581. The van der Waals surface area contributed by atoms with Crippen LogP contribution in [0.5, 0.6) is 0 Å². The van der Waals surface area contributed by atoms with E-state index in [0.29, 0.717) is 12.4 Å². The standard InChI is InChI=1S/C10H12N4O/c1-15-7-8-3-2-4-9(5-8)14-6-10(11)12-13-14/h2-6H,7,11H2,1H3. The summed E-state index contributed by atoms with van der Waals surface area (Å²) in [5.41, 5.74) is 7.51. The molecule has 0 aliphatic rings. The molecule has 0 radical (unpaired) electrons. The number of rotatable bonds is 3. The van der Waals surface area contributed by atoms with Crippen molar-refractivity contribution in [2.75, 3.05) is 12.8 Å². The second-order valence-corrected chi connectivity index (χ2v) is 3.19. The van der Waals surface area contributed by atoms with Crippen LogP contribution in [0.1, 0.15) is 5.56 Å². The third-order valence-electron chi connectivity index (χ3n) is 2.00. The summed E-state index contributed by atoms with van der Waals surface area (Å²) in [6, 6.07) is 7.86. The molecule has 5 nitrogen and oxygen atoms in total. The van der Waals surface area contributed by atoms with Crippen LogP contribution in [0.25, 0.3) is 5.69 Å². The summed E-state index contributed by atoms with van der Waals surface area (Å²) in [5.74, 6) is 0.409. The van der Waals surface area contributed by atoms with Crippen LogP contribution in [0.3, 0.4) is 0 Å². The van der Waals surface area contributed by atoms with Gasteiger partial charge in [0.25, 0.3) is 0 Å². The molecule has 0 bridgehead atoms.